The van der Waals surface area contributed by atoms with Gasteiger partial charge in [-0.2, -0.15) is 0 Å². The molecular weight excluding hydrogens is 201 g/mol. The van der Waals surface area contributed by atoms with Gasteiger partial charge in [0, 0.05) is 6.04 Å². The van der Waals surface area contributed by atoms with Crippen LogP contribution in [-0.2, 0) is 6.42 Å². The molecule has 1 N–H and O–H groups in total. The summed E-state index contributed by atoms with van der Waals surface area (Å²) in [5.41, 5.74) is 1.07. The second kappa shape index (κ2) is 5.32. The minimum absolute atomic E-state index is 0.202. The Kier molecular flexibility index (Phi) is 4.36. The fourth-order valence-corrected chi connectivity index (χ4v) is 1.60. The van der Waals surface area contributed by atoms with Crippen molar-refractivity contribution < 1.29 is 4.39 Å². The van der Waals surface area contributed by atoms with Gasteiger partial charge in [-0.15, -0.1) is 0 Å². The van der Waals surface area contributed by atoms with Crippen molar-refractivity contribution in [1.29, 1.82) is 0 Å². The molecule has 0 saturated carbocycles. The number of likely N-dealkylation sites (N-methyl/N-ethyl adjacent to an activating group) is 1. The molecule has 0 radical (unpaired) electrons. The molecule has 0 bridgehead atoms. The third kappa shape index (κ3) is 2.96. The van der Waals surface area contributed by atoms with Gasteiger partial charge in [-0.3, -0.25) is 0 Å². The molecule has 0 amide bonds. The molecule has 0 spiro atoms. The number of nitrogens with one attached hydrogen (secondary N) is 1. The van der Waals surface area contributed by atoms with Gasteiger partial charge in [-0.25, -0.2) is 4.39 Å². The molecule has 1 aromatic carbocycles. The maximum Gasteiger partial charge on any atom is 0.141 e. The van der Waals surface area contributed by atoms with Crippen molar-refractivity contribution in [2.24, 2.45) is 0 Å². The van der Waals surface area contributed by atoms with E-state index in [9.17, 15) is 4.39 Å². The van der Waals surface area contributed by atoms with Crippen molar-refractivity contribution in [3.05, 3.63) is 34.6 Å². The van der Waals surface area contributed by atoms with Crippen molar-refractivity contribution in [1.82, 2.24) is 5.32 Å². The second-order valence-corrected chi connectivity index (χ2v) is 3.75. The largest absolute Gasteiger partial charge is 0.317 e. The summed E-state index contributed by atoms with van der Waals surface area (Å²) in [5.74, 6) is -0.354. The van der Waals surface area contributed by atoms with Gasteiger partial charge in [0.2, 0.25) is 0 Å². The van der Waals surface area contributed by atoms with E-state index < -0.39 is 0 Å². The highest BCUT2D eigenvalue weighted by Crippen LogP contribution is 2.17. The molecule has 3 heteroatoms. The third-order valence-electron chi connectivity index (χ3n) is 2.37. The van der Waals surface area contributed by atoms with Crippen LogP contribution in [0.1, 0.15) is 18.9 Å². The highest BCUT2D eigenvalue weighted by Gasteiger charge is 2.06. The number of benzene rings is 1. The lowest BCUT2D eigenvalue weighted by molar-refractivity contribution is 0.542. The van der Waals surface area contributed by atoms with Crippen LogP contribution in [0.3, 0.4) is 0 Å². The Morgan fingerprint density at radius 3 is 2.71 bits per heavy atom. The Hall–Kier alpha value is -0.600. The van der Waals surface area contributed by atoms with Crippen LogP contribution in [0.15, 0.2) is 18.2 Å². The zero-order valence-corrected chi connectivity index (χ0v) is 9.24. The molecule has 1 unspecified atom stereocenters. The summed E-state index contributed by atoms with van der Waals surface area (Å²) in [7, 11) is 1.93. The first-order valence-corrected chi connectivity index (χ1v) is 5.16. The molecule has 1 aromatic rings. The zero-order valence-electron chi connectivity index (χ0n) is 8.48. The normalized spacial score (nSPS) is 12.9. The lowest BCUT2D eigenvalue weighted by Crippen LogP contribution is -2.26. The summed E-state index contributed by atoms with van der Waals surface area (Å²) >= 11 is 5.69. The average molecular weight is 216 g/mol. The molecule has 78 valence electrons. The Morgan fingerprint density at radius 2 is 2.21 bits per heavy atom. The lowest BCUT2D eigenvalue weighted by Gasteiger charge is -2.13. The van der Waals surface area contributed by atoms with E-state index in [0.29, 0.717) is 6.04 Å². The van der Waals surface area contributed by atoms with E-state index in [1.807, 2.05) is 7.05 Å². The van der Waals surface area contributed by atoms with E-state index in [4.69, 9.17) is 11.6 Å². The Labute approximate surface area is 89.3 Å². The van der Waals surface area contributed by atoms with Gasteiger partial charge in [-0.05, 0) is 37.6 Å². The van der Waals surface area contributed by atoms with E-state index in [1.165, 1.54) is 6.07 Å². The topological polar surface area (TPSA) is 12.0 Å². The minimum Gasteiger partial charge on any atom is -0.317 e. The van der Waals surface area contributed by atoms with Gasteiger partial charge < -0.3 is 5.32 Å². The summed E-state index contributed by atoms with van der Waals surface area (Å²) in [4.78, 5) is 0. The van der Waals surface area contributed by atoms with Crippen molar-refractivity contribution in [2.75, 3.05) is 7.05 Å². The van der Waals surface area contributed by atoms with E-state index in [1.54, 1.807) is 12.1 Å². The van der Waals surface area contributed by atoms with Crippen LogP contribution in [-0.4, -0.2) is 13.1 Å². The molecule has 0 saturated heterocycles. The maximum absolute atomic E-state index is 12.9. The smallest absolute Gasteiger partial charge is 0.141 e. The quantitative estimate of drug-likeness (QED) is 0.814. The van der Waals surface area contributed by atoms with Crippen LogP contribution in [0, 0.1) is 5.82 Å². The Bertz CT molecular complexity index is 297. The van der Waals surface area contributed by atoms with Crippen LogP contribution in [0.5, 0.6) is 0 Å². The minimum atomic E-state index is -0.354. The average Bonchev–Trinajstić information content (AvgIpc) is 2.19. The highest BCUT2D eigenvalue weighted by molar-refractivity contribution is 6.30. The number of hydrogen-bond donors (Lipinski definition) is 1. The standard InChI is InChI=1S/C11H15ClFN/c1-3-9(14-2)6-8-4-5-11(13)10(12)7-8/h4-5,7,9,14H,3,6H2,1-2H3. The van der Waals surface area contributed by atoms with Gasteiger partial charge in [-0.1, -0.05) is 24.6 Å². The van der Waals surface area contributed by atoms with Gasteiger partial charge in [0.05, 0.1) is 5.02 Å². The molecule has 0 aromatic heterocycles. The predicted octanol–water partition coefficient (Wildman–Crippen LogP) is 3.02. The number of halogens is 2. The van der Waals surface area contributed by atoms with Crippen LogP contribution in [0.4, 0.5) is 4.39 Å². The first kappa shape index (κ1) is 11.5. The van der Waals surface area contributed by atoms with Gasteiger partial charge in [0.25, 0.3) is 0 Å². The summed E-state index contributed by atoms with van der Waals surface area (Å²) in [6.45, 7) is 2.12. The Balaban J connectivity index is 2.72. The molecule has 1 nitrogen and oxygen atoms in total. The van der Waals surface area contributed by atoms with Crippen LogP contribution < -0.4 is 5.32 Å². The SMILES string of the molecule is CCC(Cc1ccc(F)c(Cl)c1)NC. The van der Waals surface area contributed by atoms with E-state index in [0.717, 1.165) is 18.4 Å². The molecule has 0 aliphatic heterocycles. The molecule has 0 aliphatic carbocycles. The molecule has 0 heterocycles. The molecule has 0 fully saturated rings. The molecule has 0 aliphatic rings. The van der Waals surface area contributed by atoms with E-state index in [-0.39, 0.29) is 10.8 Å². The van der Waals surface area contributed by atoms with Crippen molar-refractivity contribution >= 4 is 11.6 Å². The van der Waals surface area contributed by atoms with Crippen LogP contribution in [0.25, 0.3) is 0 Å². The maximum atomic E-state index is 12.9. The summed E-state index contributed by atoms with van der Waals surface area (Å²) in [6.07, 6.45) is 1.93. The lowest BCUT2D eigenvalue weighted by atomic mass is 10.0. The Morgan fingerprint density at radius 1 is 1.50 bits per heavy atom. The molecule has 14 heavy (non-hydrogen) atoms. The second-order valence-electron chi connectivity index (χ2n) is 3.35. The molecule has 1 rings (SSSR count). The predicted molar refractivity (Wildman–Crippen MR) is 58.3 cm³/mol. The number of hydrogen-bond acceptors (Lipinski definition) is 1. The van der Waals surface area contributed by atoms with E-state index >= 15 is 0 Å². The third-order valence-corrected chi connectivity index (χ3v) is 2.66. The summed E-state index contributed by atoms with van der Waals surface area (Å²) in [5, 5.41) is 3.40. The molecule has 1 atom stereocenters. The van der Waals surface area contributed by atoms with Crippen LogP contribution in [0.2, 0.25) is 5.02 Å². The first-order valence-electron chi connectivity index (χ1n) is 4.78. The molecular formula is C11H15ClFN. The fraction of sp³-hybridized carbons (Fsp3) is 0.455. The number of rotatable bonds is 4. The summed E-state index contributed by atoms with van der Waals surface area (Å²) in [6, 6.07) is 5.31. The van der Waals surface area contributed by atoms with Crippen molar-refractivity contribution in [3.8, 4) is 0 Å². The van der Waals surface area contributed by atoms with Crippen molar-refractivity contribution in [3.63, 3.8) is 0 Å². The fourth-order valence-electron chi connectivity index (χ4n) is 1.40. The first-order chi connectivity index (χ1) is 6.67. The zero-order chi connectivity index (χ0) is 10.6. The summed E-state index contributed by atoms with van der Waals surface area (Å²) < 4.78 is 12.9. The highest BCUT2D eigenvalue weighted by atomic mass is 35.5. The monoisotopic (exact) mass is 215 g/mol. The van der Waals surface area contributed by atoms with Gasteiger partial charge >= 0.3 is 0 Å². The van der Waals surface area contributed by atoms with Crippen LogP contribution >= 0.6 is 11.6 Å². The van der Waals surface area contributed by atoms with Gasteiger partial charge in [0.1, 0.15) is 5.82 Å². The van der Waals surface area contributed by atoms with E-state index in [2.05, 4.69) is 12.2 Å². The van der Waals surface area contributed by atoms with Crippen molar-refractivity contribution in [2.45, 2.75) is 25.8 Å². The van der Waals surface area contributed by atoms with Gasteiger partial charge in [0.15, 0.2) is 0 Å².